The van der Waals surface area contributed by atoms with Crippen LogP contribution in [0.4, 0.5) is 0 Å². The number of unbranched alkanes of at least 4 members (excludes halogenated alkanes) is 2. The molecule has 0 saturated heterocycles. The van der Waals surface area contributed by atoms with E-state index < -0.39 is 0 Å². The fourth-order valence-corrected chi connectivity index (χ4v) is 7.76. The highest BCUT2D eigenvalue weighted by Crippen LogP contribution is 2.40. The van der Waals surface area contributed by atoms with Crippen molar-refractivity contribution in [3.63, 3.8) is 0 Å². The number of hydrogen-bond donors (Lipinski definition) is 2. The second-order valence-electron chi connectivity index (χ2n) is 14.9. The molecule has 266 valence electrons. The summed E-state index contributed by atoms with van der Waals surface area (Å²) in [7, 11) is 1.85. The second kappa shape index (κ2) is 23.0. The van der Waals surface area contributed by atoms with Crippen LogP contribution in [0.5, 0.6) is 0 Å². The molecule has 0 aliphatic heterocycles. The van der Waals surface area contributed by atoms with E-state index in [2.05, 4.69) is 87.7 Å². The minimum Gasteiger partial charge on any atom is -0.392 e. The largest absolute Gasteiger partial charge is 0.392 e. The molecule has 1 atom stereocenters. The van der Waals surface area contributed by atoms with Gasteiger partial charge >= 0.3 is 0 Å². The van der Waals surface area contributed by atoms with Crippen molar-refractivity contribution in [3.8, 4) is 11.1 Å². The molecule has 0 spiro atoms. The van der Waals surface area contributed by atoms with E-state index in [4.69, 9.17) is 14.9 Å². The van der Waals surface area contributed by atoms with E-state index in [-0.39, 0.29) is 13.2 Å². The summed E-state index contributed by atoms with van der Waals surface area (Å²) in [5.74, 6) is 4.04. The average molecular weight is 657 g/mol. The summed E-state index contributed by atoms with van der Waals surface area (Å²) in [6.45, 7) is 12.5. The second-order valence-corrected chi connectivity index (χ2v) is 14.9. The van der Waals surface area contributed by atoms with Crippen LogP contribution in [0.15, 0.2) is 85.0 Å². The fourth-order valence-electron chi connectivity index (χ4n) is 7.76. The molecular weight excluding hydrogens is 588 g/mol. The van der Waals surface area contributed by atoms with Crippen LogP contribution in [0.2, 0.25) is 0 Å². The highest BCUT2D eigenvalue weighted by molar-refractivity contribution is 5.64. The summed E-state index contributed by atoms with van der Waals surface area (Å²) >= 11 is 0. The summed E-state index contributed by atoms with van der Waals surface area (Å²) in [6, 6.07) is 18.8. The summed E-state index contributed by atoms with van der Waals surface area (Å²) < 4.78 is 5.46. The van der Waals surface area contributed by atoms with Crippen molar-refractivity contribution >= 4 is 0 Å². The Labute approximate surface area is 294 Å². The van der Waals surface area contributed by atoms with Crippen LogP contribution < -0.4 is 0 Å². The van der Waals surface area contributed by atoms with Crippen molar-refractivity contribution < 1.29 is 14.9 Å². The Balaban J connectivity index is 0.000000952. The van der Waals surface area contributed by atoms with Gasteiger partial charge in [-0.15, -0.1) is 6.58 Å². The van der Waals surface area contributed by atoms with Crippen LogP contribution in [0.1, 0.15) is 127 Å². The Morgan fingerprint density at radius 2 is 1.33 bits per heavy atom. The zero-order valence-electron chi connectivity index (χ0n) is 30.8. The summed E-state index contributed by atoms with van der Waals surface area (Å²) in [6.07, 6.45) is 26.4. The van der Waals surface area contributed by atoms with E-state index in [1.165, 1.54) is 125 Å². The lowest BCUT2D eigenvalue weighted by Gasteiger charge is -2.33. The number of allylic oxidation sites excluding steroid dienone is 3. The molecule has 2 aliphatic rings. The average Bonchev–Trinajstić information content (AvgIpc) is 3.13. The smallest absolute Gasteiger partial charge is 0.0661 e. The topological polar surface area (TPSA) is 49.7 Å². The minimum absolute atomic E-state index is 0.115. The molecule has 0 radical (unpaired) electrons. The molecule has 0 amide bonds. The van der Waals surface area contributed by atoms with Crippen LogP contribution in [-0.2, 0) is 11.2 Å². The van der Waals surface area contributed by atoms with Gasteiger partial charge in [0.05, 0.1) is 13.2 Å². The van der Waals surface area contributed by atoms with Gasteiger partial charge in [0.15, 0.2) is 0 Å². The van der Waals surface area contributed by atoms with Gasteiger partial charge in [0.1, 0.15) is 0 Å². The van der Waals surface area contributed by atoms with Gasteiger partial charge in [0.2, 0.25) is 0 Å². The van der Waals surface area contributed by atoms with Crippen LogP contribution in [0.25, 0.3) is 11.1 Å². The van der Waals surface area contributed by atoms with Crippen molar-refractivity contribution in [1.29, 1.82) is 0 Å². The number of methoxy groups -OCH3 is 1. The molecule has 1 unspecified atom stereocenters. The summed E-state index contributed by atoms with van der Waals surface area (Å²) in [5, 5.41) is 16.2. The van der Waals surface area contributed by atoms with Gasteiger partial charge in [-0.2, -0.15) is 0 Å². The van der Waals surface area contributed by atoms with Crippen LogP contribution in [0, 0.1) is 23.7 Å². The van der Waals surface area contributed by atoms with Crippen LogP contribution in [-0.4, -0.2) is 37.1 Å². The van der Waals surface area contributed by atoms with Crippen molar-refractivity contribution in [3.05, 3.63) is 96.1 Å². The zero-order chi connectivity index (χ0) is 34.6. The Hall–Kier alpha value is -2.46. The van der Waals surface area contributed by atoms with Crippen molar-refractivity contribution in [2.24, 2.45) is 23.7 Å². The Bertz CT molecular complexity index is 1170. The van der Waals surface area contributed by atoms with E-state index >= 15 is 0 Å². The lowest BCUT2D eigenvalue weighted by molar-refractivity contribution is 0.135. The van der Waals surface area contributed by atoms with E-state index in [1.54, 1.807) is 5.56 Å². The predicted octanol–water partition coefficient (Wildman–Crippen LogP) is 11.6. The molecule has 3 heteroatoms. The monoisotopic (exact) mass is 657 g/mol. The third kappa shape index (κ3) is 14.6. The number of aliphatic hydroxyl groups excluding tert-OH is 2. The Kier molecular flexibility index (Phi) is 19.2. The molecule has 2 saturated carbocycles. The van der Waals surface area contributed by atoms with Crippen molar-refractivity contribution in [2.75, 3.05) is 26.9 Å². The van der Waals surface area contributed by atoms with E-state index in [9.17, 15) is 0 Å². The molecule has 3 nitrogen and oxygen atoms in total. The molecule has 2 N–H and O–H groups in total. The molecule has 0 bridgehead atoms. The van der Waals surface area contributed by atoms with Gasteiger partial charge < -0.3 is 14.9 Å². The van der Waals surface area contributed by atoms with E-state index in [0.717, 1.165) is 36.2 Å². The highest BCUT2D eigenvalue weighted by atomic mass is 16.5. The standard InChI is InChI=1S/C41H60O.C4H8O2/c1-5-6-7-10-33-14-20-38(21-15-33)40-26-28-41(29-27-40)39-24-18-35(19-25-39)13-12-34-16-22-37(23-17-34)36(30-31-42-4)11-8-9-32(2)3;1-4(2-5)3-6/h12-15,20-21,26-29,34-37,39H,2,5-11,16-19,22-25,30-31H2,1,3-4H3;5-6H,1-3H2/b13-12+;. The molecule has 2 fully saturated rings. The van der Waals surface area contributed by atoms with Crippen molar-refractivity contribution in [2.45, 2.75) is 122 Å². The fraction of sp³-hybridized carbons (Fsp3) is 0.600. The number of rotatable bonds is 18. The molecule has 0 aromatic heterocycles. The number of hydrogen-bond acceptors (Lipinski definition) is 3. The number of aryl methyl sites for hydroxylation is 1. The third-order valence-electron chi connectivity index (χ3n) is 11.0. The van der Waals surface area contributed by atoms with E-state index in [0.29, 0.717) is 5.57 Å². The van der Waals surface area contributed by atoms with Gasteiger partial charge in [0, 0.05) is 13.7 Å². The molecule has 2 aromatic rings. The number of ether oxygens (including phenoxy) is 1. The third-order valence-corrected chi connectivity index (χ3v) is 11.0. The van der Waals surface area contributed by atoms with Gasteiger partial charge in [-0.1, -0.05) is 92.6 Å². The summed E-state index contributed by atoms with van der Waals surface area (Å²) in [4.78, 5) is 0. The first-order chi connectivity index (χ1) is 23.4. The molecule has 48 heavy (non-hydrogen) atoms. The van der Waals surface area contributed by atoms with Gasteiger partial charge in [-0.3, -0.25) is 0 Å². The number of benzene rings is 2. The molecule has 2 aromatic carbocycles. The lowest BCUT2D eigenvalue weighted by atomic mass is 9.72. The molecular formula is C45H68O3. The molecule has 2 aliphatic carbocycles. The van der Waals surface area contributed by atoms with Crippen molar-refractivity contribution in [1.82, 2.24) is 0 Å². The first-order valence-electron chi connectivity index (χ1n) is 19.3. The Morgan fingerprint density at radius 3 is 1.83 bits per heavy atom. The molecule has 0 heterocycles. The summed E-state index contributed by atoms with van der Waals surface area (Å²) in [5.41, 5.74) is 7.49. The maximum absolute atomic E-state index is 8.08. The van der Waals surface area contributed by atoms with Gasteiger partial charge in [0.25, 0.3) is 0 Å². The van der Waals surface area contributed by atoms with E-state index in [1.807, 2.05) is 7.11 Å². The first-order valence-corrected chi connectivity index (χ1v) is 19.3. The van der Waals surface area contributed by atoms with Crippen LogP contribution >= 0.6 is 0 Å². The van der Waals surface area contributed by atoms with Gasteiger partial charge in [-0.05, 0) is 154 Å². The van der Waals surface area contributed by atoms with Crippen LogP contribution in [0.3, 0.4) is 0 Å². The SMILES string of the molecule is C=C(C)CCCC(CCOC)C1CCC(/C=C/C2CCC(c3ccc(-c4ccc(CCCCC)cc4)cc3)CC2)CC1.C=C(CO)CO. The number of aliphatic hydroxyl groups is 2. The lowest BCUT2D eigenvalue weighted by Crippen LogP contribution is -2.22. The maximum Gasteiger partial charge on any atom is 0.0661 e. The highest BCUT2D eigenvalue weighted by Gasteiger charge is 2.27. The molecule has 4 rings (SSSR count). The Morgan fingerprint density at radius 1 is 0.771 bits per heavy atom. The zero-order valence-corrected chi connectivity index (χ0v) is 30.8. The quantitative estimate of drug-likeness (QED) is 0.124. The van der Waals surface area contributed by atoms with Gasteiger partial charge in [-0.25, -0.2) is 0 Å². The minimum atomic E-state index is -0.115. The normalized spacial score (nSPS) is 21.8. The maximum atomic E-state index is 8.08. The predicted molar refractivity (Wildman–Crippen MR) is 206 cm³/mol. The first kappa shape index (κ1) is 40.0.